The molecule has 4 nitrogen and oxygen atoms in total. The quantitative estimate of drug-likeness (QED) is 0.869. The summed E-state index contributed by atoms with van der Waals surface area (Å²) in [5, 5.41) is 8.74. The van der Waals surface area contributed by atoms with E-state index in [1.54, 1.807) is 18.2 Å². The molecule has 1 aliphatic rings. The first-order valence-electron chi connectivity index (χ1n) is 5.63. The van der Waals surface area contributed by atoms with Crippen molar-refractivity contribution in [3.63, 3.8) is 0 Å². The average Bonchev–Trinajstić information content (AvgIpc) is 2.29. The van der Waals surface area contributed by atoms with E-state index in [1.807, 2.05) is 0 Å². The van der Waals surface area contributed by atoms with Crippen LogP contribution in [0.25, 0.3) is 0 Å². The Kier molecular flexibility index (Phi) is 3.13. The van der Waals surface area contributed by atoms with Gasteiger partial charge in [-0.1, -0.05) is 0 Å². The number of carboxylic acid groups (broad SMARTS) is 1. The molecule has 0 aliphatic heterocycles. The highest BCUT2D eigenvalue weighted by Crippen LogP contribution is 2.25. The van der Waals surface area contributed by atoms with Gasteiger partial charge in [0.1, 0.15) is 5.75 Å². The van der Waals surface area contributed by atoms with Crippen molar-refractivity contribution in [2.24, 2.45) is 0 Å². The topological polar surface area (TPSA) is 63.6 Å². The summed E-state index contributed by atoms with van der Waals surface area (Å²) in [4.78, 5) is 22.3. The molecule has 0 saturated heterocycles. The molecule has 0 unspecified atom stereocenters. The summed E-state index contributed by atoms with van der Waals surface area (Å²) in [7, 11) is 0. The molecule has 2 rings (SSSR count). The predicted molar refractivity (Wildman–Crippen MR) is 61.4 cm³/mol. The minimum atomic E-state index is -1.00. The summed E-state index contributed by atoms with van der Waals surface area (Å²) >= 11 is 0. The Bertz CT molecular complexity index is 464. The summed E-state index contributed by atoms with van der Waals surface area (Å²) in [5.74, 6) is -0.337. The molecule has 1 aromatic rings. The van der Waals surface area contributed by atoms with E-state index in [2.05, 4.69) is 0 Å². The summed E-state index contributed by atoms with van der Waals surface area (Å²) in [5.41, 5.74) is 1.70. The Labute approximate surface area is 99.2 Å². The molecule has 1 aliphatic carbocycles. The van der Waals surface area contributed by atoms with Gasteiger partial charge in [0.05, 0.1) is 0 Å². The molecule has 0 saturated carbocycles. The number of Topliss-reactive ketones (excluding diaryl/α,β-unsaturated/α-hetero) is 1. The van der Waals surface area contributed by atoms with Crippen molar-refractivity contribution in [3.05, 3.63) is 29.3 Å². The van der Waals surface area contributed by atoms with E-state index >= 15 is 0 Å². The van der Waals surface area contributed by atoms with Crippen LogP contribution in [0.1, 0.15) is 35.7 Å². The van der Waals surface area contributed by atoms with Crippen LogP contribution in [0.5, 0.6) is 5.75 Å². The van der Waals surface area contributed by atoms with Crippen LogP contribution in [-0.2, 0) is 11.2 Å². The fourth-order valence-corrected chi connectivity index (χ4v) is 1.95. The Morgan fingerprint density at radius 1 is 1.41 bits per heavy atom. The predicted octanol–water partition coefficient (Wildman–Crippen LogP) is 2.06. The van der Waals surface area contributed by atoms with Gasteiger partial charge in [0.25, 0.3) is 0 Å². The maximum atomic E-state index is 11.6. The van der Waals surface area contributed by atoms with Gasteiger partial charge >= 0.3 is 5.97 Å². The molecule has 1 N–H and O–H groups in total. The van der Waals surface area contributed by atoms with Crippen LogP contribution in [-0.4, -0.2) is 23.0 Å². The van der Waals surface area contributed by atoms with Crippen LogP contribution >= 0.6 is 0 Å². The highest BCUT2D eigenvalue weighted by molar-refractivity contribution is 5.98. The molecule has 0 heterocycles. The van der Waals surface area contributed by atoms with Crippen LogP contribution in [0, 0.1) is 0 Å². The number of carbonyl (C=O) groups is 2. The Balaban J connectivity index is 2.21. The van der Waals surface area contributed by atoms with E-state index in [0.717, 1.165) is 24.0 Å². The Hall–Kier alpha value is -1.84. The second-order valence-corrected chi connectivity index (χ2v) is 4.19. The second-order valence-electron chi connectivity index (χ2n) is 4.19. The van der Waals surface area contributed by atoms with Gasteiger partial charge in [0.2, 0.25) is 0 Å². The van der Waals surface area contributed by atoms with Gasteiger partial charge in [0, 0.05) is 12.0 Å². The lowest BCUT2D eigenvalue weighted by atomic mass is 9.90. The molecule has 4 heteroatoms. The standard InChI is InChI=1S/C13H14O4/c1-8(13(15)16)17-10-5-6-11-9(7-10)3-2-4-12(11)14/h5-8H,2-4H2,1H3,(H,15,16)/t8-/m1/s1. The summed E-state index contributed by atoms with van der Waals surface area (Å²) in [6, 6.07) is 5.15. The summed E-state index contributed by atoms with van der Waals surface area (Å²) < 4.78 is 5.27. The molecule has 90 valence electrons. The highest BCUT2D eigenvalue weighted by atomic mass is 16.5. The van der Waals surface area contributed by atoms with Crippen molar-refractivity contribution in [1.82, 2.24) is 0 Å². The minimum absolute atomic E-state index is 0.157. The number of aryl methyl sites for hydroxylation is 1. The highest BCUT2D eigenvalue weighted by Gasteiger charge is 2.18. The number of ether oxygens (including phenoxy) is 1. The molecule has 0 spiro atoms. The van der Waals surface area contributed by atoms with Crippen molar-refractivity contribution in [2.75, 3.05) is 0 Å². The molecular formula is C13H14O4. The van der Waals surface area contributed by atoms with E-state index < -0.39 is 12.1 Å². The number of hydrogen-bond donors (Lipinski definition) is 1. The average molecular weight is 234 g/mol. The van der Waals surface area contributed by atoms with Gasteiger partial charge < -0.3 is 9.84 Å². The molecule has 0 amide bonds. The minimum Gasteiger partial charge on any atom is -0.479 e. The number of aliphatic carboxylic acids is 1. The number of ketones is 1. The first kappa shape index (κ1) is 11.6. The number of carbonyl (C=O) groups excluding carboxylic acids is 1. The smallest absolute Gasteiger partial charge is 0.344 e. The van der Waals surface area contributed by atoms with Crippen molar-refractivity contribution in [1.29, 1.82) is 0 Å². The number of rotatable bonds is 3. The molecule has 0 aromatic heterocycles. The second kappa shape index (κ2) is 4.57. The molecular weight excluding hydrogens is 220 g/mol. The fraction of sp³-hybridized carbons (Fsp3) is 0.385. The SMILES string of the molecule is C[C@@H](Oc1ccc2c(c1)CCCC2=O)C(=O)O. The number of fused-ring (bicyclic) bond motifs is 1. The van der Waals surface area contributed by atoms with E-state index in [0.29, 0.717) is 12.2 Å². The zero-order valence-electron chi connectivity index (χ0n) is 9.60. The van der Waals surface area contributed by atoms with Gasteiger partial charge in [-0.25, -0.2) is 4.79 Å². The molecule has 0 radical (unpaired) electrons. The maximum Gasteiger partial charge on any atom is 0.344 e. The van der Waals surface area contributed by atoms with Gasteiger partial charge in [-0.2, -0.15) is 0 Å². The van der Waals surface area contributed by atoms with Gasteiger partial charge in [-0.3, -0.25) is 4.79 Å². The molecule has 1 aromatic carbocycles. The van der Waals surface area contributed by atoms with E-state index in [-0.39, 0.29) is 5.78 Å². The molecule has 0 bridgehead atoms. The molecule has 0 fully saturated rings. The van der Waals surface area contributed by atoms with Crippen molar-refractivity contribution >= 4 is 11.8 Å². The lowest BCUT2D eigenvalue weighted by molar-refractivity contribution is -0.144. The summed E-state index contributed by atoms with van der Waals surface area (Å²) in [6.45, 7) is 1.48. The third-order valence-corrected chi connectivity index (χ3v) is 2.89. The van der Waals surface area contributed by atoms with Crippen LogP contribution in [0.15, 0.2) is 18.2 Å². The van der Waals surface area contributed by atoms with Crippen LogP contribution in [0.4, 0.5) is 0 Å². The first-order chi connectivity index (χ1) is 8.08. The van der Waals surface area contributed by atoms with Gasteiger partial charge in [-0.05, 0) is 43.5 Å². The Morgan fingerprint density at radius 3 is 2.88 bits per heavy atom. The van der Waals surface area contributed by atoms with Crippen molar-refractivity contribution in [2.45, 2.75) is 32.3 Å². The largest absolute Gasteiger partial charge is 0.479 e. The molecule has 17 heavy (non-hydrogen) atoms. The maximum absolute atomic E-state index is 11.6. The number of benzene rings is 1. The first-order valence-corrected chi connectivity index (χ1v) is 5.63. The fourth-order valence-electron chi connectivity index (χ4n) is 1.95. The van der Waals surface area contributed by atoms with Crippen molar-refractivity contribution < 1.29 is 19.4 Å². The van der Waals surface area contributed by atoms with Crippen LogP contribution in [0.3, 0.4) is 0 Å². The lowest BCUT2D eigenvalue weighted by Crippen LogP contribution is -2.23. The van der Waals surface area contributed by atoms with Crippen molar-refractivity contribution in [3.8, 4) is 5.75 Å². The third kappa shape index (κ3) is 2.46. The van der Waals surface area contributed by atoms with Gasteiger partial charge in [-0.15, -0.1) is 0 Å². The normalized spacial score (nSPS) is 16.2. The summed E-state index contributed by atoms with van der Waals surface area (Å²) in [6.07, 6.45) is 1.41. The zero-order valence-corrected chi connectivity index (χ0v) is 9.60. The van der Waals surface area contributed by atoms with E-state index in [4.69, 9.17) is 9.84 Å². The van der Waals surface area contributed by atoms with Crippen LogP contribution < -0.4 is 4.74 Å². The van der Waals surface area contributed by atoms with E-state index in [9.17, 15) is 9.59 Å². The lowest BCUT2D eigenvalue weighted by Gasteiger charge is -2.17. The number of carboxylic acids is 1. The zero-order chi connectivity index (χ0) is 12.4. The monoisotopic (exact) mass is 234 g/mol. The van der Waals surface area contributed by atoms with Crippen LogP contribution in [0.2, 0.25) is 0 Å². The molecule has 1 atom stereocenters. The van der Waals surface area contributed by atoms with E-state index in [1.165, 1.54) is 6.92 Å². The number of hydrogen-bond acceptors (Lipinski definition) is 3. The Morgan fingerprint density at radius 2 is 2.18 bits per heavy atom. The van der Waals surface area contributed by atoms with Gasteiger partial charge in [0.15, 0.2) is 11.9 Å². The third-order valence-electron chi connectivity index (χ3n) is 2.89.